The van der Waals surface area contributed by atoms with E-state index >= 15 is 0 Å². The molecule has 3 aromatic carbocycles. The molecule has 1 N–H and O–H groups in total. The van der Waals surface area contributed by atoms with Crippen LogP contribution in [0.4, 0.5) is 0 Å². The van der Waals surface area contributed by atoms with Crippen LogP contribution in [0.5, 0.6) is 0 Å². The molecule has 142 valence electrons. The molecule has 0 aromatic heterocycles. The molecule has 0 saturated carbocycles. The summed E-state index contributed by atoms with van der Waals surface area (Å²) in [6, 6.07) is 24.1. The van der Waals surface area contributed by atoms with Gasteiger partial charge in [-0.05, 0) is 41.5 Å². The van der Waals surface area contributed by atoms with Crippen molar-refractivity contribution in [2.24, 2.45) is 4.99 Å². The highest BCUT2D eigenvalue weighted by Crippen LogP contribution is 2.31. The number of nitrogens with one attached hydrogen (secondary N) is 1. The first-order valence-electron chi connectivity index (χ1n) is 9.62. The fourth-order valence-electron chi connectivity index (χ4n) is 3.59. The monoisotopic (exact) mass is 370 g/mol. The van der Waals surface area contributed by atoms with Gasteiger partial charge in [-0.15, -0.1) is 6.58 Å². The minimum atomic E-state index is -0.385. The van der Waals surface area contributed by atoms with Gasteiger partial charge >= 0.3 is 0 Å². The van der Waals surface area contributed by atoms with Gasteiger partial charge in [-0.25, -0.2) is 0 Å². The van der Waals surface area contributed by atoms with Crippen LogP contribution in [-0.4, -0.2) is 18.2 Å². The van der Waals surface area contributed by atoms with Crippen molar-refractivity contribution >= 4 is 22.9 Å². The van der Waals surface area contributed by atoms with Crippen LogP contribution in [-0.2, 0) is 11.3 Å². The van der Waals surface area contributed by atoms with Crippen LogP contribution in [0.1, 0.15) is 30.4 Å². The van der Waals surface area contributed by atoms with Crippen molar-refractivity contribution < 1.29 is 4.79 Å². The molecular formula is C25H26N2O. The number of carbonyl (C=O) groups is 1. The molecule has 2 unspecified atom stereocenters. The standard InChI is InChI=1S/C25H26N2O/c1-3-11-23(26-4-2)24(25(28)27-18-19-12-6-5-7-13-19)22-17-10-15-20-14-8-9-16-21(20)22/h3-10,12-17,23-24H,1,11,18H2,2H3,(H,27,28). The molecule has 3 aromatic rings. The zero-order valence-electron chi connectivity index (χ0n) is 16.2. The van der Waals surface area contributed by atoms with Gasteiger partial charge < -0.3 is 5.32 Å². The highest BCUT2D eigenvalue weighted by atomic mass is 16.1. The van der Waals surface area contributed by atoms with Crippen LogP contribution < -0.4 is 5.32 Å². The summed E-state index contributed by atoms with van der Waals surface area (Å²) < 4.78 is 0. The lowest BCUT2D eigenvalue weighted by Crippen LogP contribution is -2.35. The number of fused-ring (bicyclic) bond motifs is 1. The number of nitrogens with zero attached hydrogens (tertiary/aromatic N) is 1. The number of hydrogen-bond donors (Lipinski definition) is 1. The molecule has 2 atom stereocenters. The second-order valence-corrected chi connectivity index (χ2v) is 6.75. The second-order valence-electron chi connectivity index (χ2n) is 6.75. The number of aliphatic imine (C=N–C) groups is 1. The Morgan fingerprint density at radius 1 is 1.04 bits per heavy atom. The van der Waals surface area contributed by atoms with Gasteiger partial charge in [0.15, 0.2) is 0 Å². The van der Waals surface area contributed by atoms with E-state index in [-0.39, 0.29) is 17.9 Å². The van der Waals surface area contributed by atoms with E-state index in [4.69, 9.17) is 0 Å². The second kappa shape index (κ2) is 9.65. The fraction of sp³-hybridized carbons (Fsp3) is 0.200. The summed E-state index contributed by atoms with van der Waals surface area (Å²) in [6.07, 6.45) is 4.24. The molecule has 0 radical (unpaired) electrons. The summed E-state index contributed by atoms with van der Waals surface area (Å²) in [6.45, 7) is 6.25. The molecule has 3 rings (SSSR count). The normalized spacial score (nSPS) is 13.3. The number of benzene rings is 3. The van der Waals surface area contributed by atoms with Gasteiger partial charge in [0.05, 0.1) is 12.0 Å². The van der Waals surface area contributed by atoms with Crippen LogP contribution in [0, 0.1) is 0 Å². The Bertz CT molecular complexity index is 957. The Hall–Kier alpha value is -3.20. The molecule has 0 aliphatic carbocycles. The van der Waals surface area contributed by atoms with E-state index < -0.39 is 0 Å². The van der Waals surface area contributed by atoms with E-state index in [1.807, 2.05) is 67.6 Å². The molecule has 0 aliphatic rings. The molecule has 0 fully saturated rings. The molecule has 28 heavy (non-hydrogen) atoms. The SMILES string of the molecule is C=CCC(N=CC)C(C(=O)NCc1ccccc1)c1cccc2ccccc12. The van der Waals surface area contributed by atoms with Crippen molar-refractivity contribution in [3.8, 4) is 0 Å². The smallest absolute Gasteiger partial charge is 0.230 e. The first kappa shape index (κ1) is 19.6. The van der Waals surface area contributed by atoms with Gasteiger partial charge in [0, 0.05) is 6.54 Å². The van der Waals surface area contributed by atoms with Gasteiger partial charge in [-0.3, -0.25) is 9.79 Å². The van der Waals surface area contributed by atoms with Crippen molar-refractivity contribution in [3.05, 3.63) is 96.6 Å². The maximum absolute atomic E-state index is 13.3. The Balaban J connectivity index is 1.98. The van der Waals surface area contributed by atoms with E-state index in [9.17, 15) is 4.79 Å². The summed E-state index contributed by atoms with van der Waals surface area (Å²) in [7, 11) is 0. The molecule has 0 heterocycles. The van der Waals surface area contributed by atoms with Crippen molar-refractivity contribution in [1.82, 2.24) is 5.32 Å². The molecular weight excluding hydrogens is 344 g/mol. The highest BCUT2D eigenvalue weighted by Gasteiger charge is 2.30. The first-order chi connectivity index (χ1) is 13.7. The summed E-state index contributed by atoms with van der Waals surface area (Å²) in [5.41, 5.74) is 2.08. The Morgan fingerprint density at radius 3 is 2.50 bits per heavy atom. The first-order valence-corrected chi connectivity index (χ1v) is 9.62. The lowest BCUT2D eigenvalue weighted by Gasteiger charge is -2.24. The Labute approximate surface area is 166 Å². The van der Waals surface area contributed by atoms with Gasteiger partial charge in [0.25, 0.3) is 0 Å². The topological polar surface area (TPSA) is 41.5 Å². The maximum atomic E-state index is 13.3. The van der Waals surface area contributed by atoms with Crippen LogP contribution in [0.3, 0.4) is 0 Å². The Kier molecular flexibility index (Phi) is 6.74. The quantitative estimate of drug-likeness (QED) is 0.426. The third-order valence-corrected chi connectivity index (χ3v) is 4.88. The van der Waals surface area contributed by atoms with E-state index in [0.717, 1.165) is 21.9 Å². The predicted octanol–water partition coefficient (Wildman–Crippen LogP) is 5.28. The molecule has 3 nitrogen and oxygen atoms in total. The van der Waals surface area contributed by atoms with Gasteiger partial charge in [-0.1, -0.05) is 78.9 Å². The fourth-order valence-corrected chi connectivity index (χ4v) is 3.59. The van der Waals surface area contributed by atoms with Crippen LogP contribution >= 0.6 is 0 Å². The van der Waals surface area contributed by atoms with Gasteiger partial charge in [0.2, 0.25) is 5.91 Å². The van der Waals surface area contributed by atoms with Gasteiger partial charge in [0.1, 0.15) is 0 Å². The minimum absolute atomic E-state index is 0.0161. The van der Waals surface area contributed by atoms with Crippen LogP contribution in [0.2, 0.25) is 0 Å². The van der Waals surface area contributed by atoms with E-state index in [1.165, 1.54) is 0 Å². The number of rotatable bonds is 8. The predicted molar refractivity (Wildman–Crippen MR) is 118 cm³/mol. The van der Waals surface area contributed by atoms with Crippen molar-refractivity contribution in [2.45, 2.75) is 31.8 Å². The maximum Gasteiger partial charge on any atom is 0.230 e. The van der Waals surface area contributed by atoms with E-state index in [1.54, 1.807) is 6.21 Å². The minimum Gasteiger partial charge on any atom is -0.351 e. The average molecular weight is 370 g/mol. The zero-order valence-corrected chi connectivity index (χ0v) is 16.2. The van der Waals surface area contributed by atoms with Crippen LogP contribution in [0.15, 0.2) is 90.4 Å². The molecule has 0 bridgehead atoms. The number of carbonyl (C=O) groups excluding carboxylic acids is 1. The van der Waals surface area contributed by atoms with Gasteiger partial charge in [-0.2, -0.15) is 0 Å². The Morgan fingerprint density at radius 2 is 1.75 bits per heavy atom. The molecule has 0 aliphatic heterocycles. The van der Waals surface area contributed by atoms with Crippen molar-refractivity contribution in [1.29, 1.82) is 0 Å². The van der Waals surface area contributed by atoms with E-state index in [2.05, 4.69) is 35.1 Å². The summed E-state index contributed by atoms with van der Waals surface area (Å²) in [5.74, 6) is -0.401. The highest BCUT2D eigenvalue weighted by molar-refractivity contribution is 5.93. The van der Waals surface area contributed by atoms with E-state index in [0.29, 0.717) is 13.0 Å². The summed E-state index contributed by atoms with van der Waals surface area (Å²) in [4.78, 5) is 17.9. The largest absolute Gasteiger partial charge is 0.351 e. The van der Waals surface area contributed by atoms with Crippen molar-refractivity contribution in [3.63, 3.8) is 0 Å². The van der Waals surface area contributed by atoms with Crippen molar-refractivity contribution in [2.75, 3.05) is 0 Å². The number of amides is 1. The van der Waals surface area contributed by atoms with Crippen LogP contribution in [0.25, 0.3) is 10.8 Å². The molecule has 0 spiro atoms. The summed E-state index contributed by atoms with van der Waals surface area (Å²) >= 11 is 0. The third-order valence-electron chi connectivity index (χ3n) is 4.88. The lowest BCUT2D eigenvalue weighted by molar-refractivity contribution is -0.123. The lowest BCUT2D eigenvalue weighted by atomic mass is 9.85. The molecule has 0 saturated heterocycles. The average Bonchev–Trinajstić information content (AvgIpc) is 2.74. The third kappa shape index (κ3) is 4.55. The summed E-state index contributed by atoms with van der Waals surface area (Å²) in [5, 5.41) is 5.32. The zero-order chi connectivity index (χ0) is 19.8. The molecule has 1 amide bonds. The molecule has 3 heteroatoms. The number of hydrogen-bond acceptors (Lipinski definition) is 2.